The molecule has 0 N–H and O–H groups in total. The predicted octanol–water partition coefficient (Wildman–Crippen LogP) is 8.33. The zero-order chi connectivity index (χ0) is 21.9. The van der Waals surface area contributed by atoms with Crippen molar-refractivity contribution < 1.29 is 19.5 Å². The van der Waals surface area contributed by atoms with Crippen molar-refractivity contribution in [2.75, 3.05) is 0 Å². The fraction of sp³-hybridized carbons (Fsp3) is 0.929. The van der Waals surface area contributed by atoms with Crippen molar-refractivity contribution in [3.63, 3.8) is 0 Å². The van der Waals surface area contributed by atoms with Crippen molar-refractivity contribution in [2.24, 2.45) is 68.0 Å². The Morgan fingerprint density at radius 1 is 0.517 bits per heavy atom. The predicted molar refractivity (Wildman–Crippen MR) is 124 cm³/mol. The van der Waals surface area contributed by atoms with Gasteiger partial charge in [0.1, 0.15) is 0 Å². The number of rotatable bonds is 2. The summed E-state index contributed by atoms with van der Waals surface area (Å²) in [6.07, 6.45) is 5.09. The van der Waals surface area contributed by atoms with E-state index in [1.165, 1.54) is 0 Å². The zero-order valence-corrected chi connectivity index (χ0v) is 25.3. The molecule has 6 atom stereocenters. The molecule has 0 nitrogen and oxygen atoms in total. The van der Waals surface area contributed by atoms with Crippen molar-refractivity contribution in [3.05, 3.63) is 12.8 Å². The van der Waals surface area contributed by atoms with E-state index in [-0.39, 0.29) is 19.5 Å². The molecule has 0 aliphatic heterocycles. The molecule has 4 fully saturated rings. The molecule has 0 bridgehead atoms. The maximum absolute atomic E-state index is 2.55. The largest absolute Gasteiger partial charge is 2.00 e. The molecule has 0 heterocycles. The third kappa shape index (κ3) is 4.57. The molecular formula is C28H50Zn. The van der Waals surface area contributed by atoms with E-state index in [9.17, 15) is 0 Å². The van der Waals surface area contributed by atoms with Crippen molar-refractivity contribution in [1.29, 1.82) is 0 Å². The first-order valence-electron chi connectivity index (χ1n) is 11.9. The summed E-state index contributed by atoms with van der Waals surface area (Å²) in [7, 11) is 0. The molecule has 0 aromatic heterocycles. The van der Waals surface area contributed by atoms with Crippen LogP contribution < -0.4 is 0 Å². The number of hydrogen-bond acceptors (Lipinski definition) is 0. The Hall–Kier alpha value is 0.623. The minimum Gasteiger partial charge on any atom is -0.324 e. The summed E-state index contributed by atoms with van der Waals surface area (Å²) in [6, 6.07) is 0. The van der Waals surface area contributed by atoms with Crippen LogP contribution in [0.5, 0.6) is 0 Å². The van der Waals surface area contributed by atoms with Crippen molar-refractivity contribution in [2.45, 2.75) is 96.9 Å². The van der Waals surface area contributed by atoms with Gasteiger partial charge in [-0.15, -0.1) is 0 Å². The smallest absolute Gasteiger partial charge is 0.324 e. The fourth-order valence-electron chi connectivity index (χ4n) is 7.97. The van der Waals surface area contributed by atoms with Crippen LogP contribution in [0.2, 0.25) is 0 Å². The molecule has 0 amide bonds. The van der Waals surface area contributed by atoms with Gasteiger partial charge in [-0.25, -0.2) is 0 Å². The van der Waals surface area contributed by atoms with Crippen LogP contribution in [0, 0.1) is 80.8 Å². The molecule has 0 radical (unpaired) electrons. The van der Waals surface area contributed by atoms with Gasteiger partial charge in [-0.3, -0.25) is 0 Å². The summed E-state index contributed by atoms with van der Waals surface area (Å²) in [4.78, 5) is 0. The standard InChI is InChI=1S/2C14H25.Zn/c2*1-12(2,3)11-10(14(11,6)7)9-8-13(9,4)5;/h2*8-11H,1-7H3;/q2*-1;+2/t2*9-,10-,11-;/m11./s1. The molecule has 0 aromatic carbocycles. The Labute approximate surface area is 196 Å². The van der Waals surface area contributed by atoms with Crippen LogP contribution in [0.4, 0.5) is 0 Å². The van der Waals surface area contributed by atoms with Crippen molar-refractivity contribution in [3.8, 4) is 0 Å². The van der Waals surface area contributed by atoms with Gasteiger partial charge in [0.2, 0.25) is 0 Å². The summed E-state index contributed by atoms with van der Waals surface area (Å²) in [6.45, 7) is 33.7. The summed E-state index contributed by atoms with van der Waals surface area (Å²) in [5.41, 5.74) is 3.19. The SMILES string of the molecule is CC(C)(C)[C@H]1[C@@H]([C@H]2[CH-]C2(C)C)C1(C)C.CC(C)(C)[C@H]1[C@@H]([C@H]2[CH-]C2(C)C)C1(C)C.[Zn+2]. The van der Waals surface area contributed by atoms with Gasteiger partial charge >= 0.3 is 19.5 Å². The molecule has 1 heteroatoms. The molecule has 4 saturated carbocycles. The van der Waals surface area contributed by atoms with E-state index in [0.29, 0.717) is 32.5 Å². The molecule has 0 spiro atoms. The normalized spacial score (nSPS) is 42.0. The van der Waals surface area contributed by atoms with Gasteiger partial charge in [-0.2, -0.15) is 22.7 Å². The Kier molecular flexibility index (Phi) is 6.08. The molecule has 4 aliphatic carbocycles. The van der Waals surface area contributed by atoms with Gasteiger partial charge < -0.3 is 12.8 Å². The summed E-state index contributed by atoms with van der Waals surface area (Å²) >= 11 is 0. The first-order valence-corrected chi connectivity index (χ1v) is 11.9. The van der Waals surface area contributed by atoms with E-state index >= 15 is 0 Å². The van der Waals surface area contributed by atoms with Gasteiger partial charge in [0.25, 0.3) is 0 Å². The molecule has 0 unspecified atom stereocenters. The molecule has 4 rings (SSSR count). The Bertz CT molecular complexity index is 566. The second-order valence-corrected chi connectivity index (χ2v) is 15.4. The molecule has 164 valence electrons. The van der Waals surface area contributed by atoms with Crippen molar-refractivity contribution in [1.82, 2.24) is 0 Å². The van der Waals surface area contributed by atoms with Gasteiger partial charge in [-0.1, -0.05) is 109 Å². The fourth-order valence-corrected chi connectivity index (χ4v) is 7.97. The maximum atomic E-state index is 2.55. The monoisotopic (exact) mass is 450 g/mol. The molecule has 0 saturated heterocycles. The van der Waals surface area contributed by atoms with E-state index < -0.39 is 0 Å². The third-order valence-electron chi connectivity index (χ3n) is 9.18. The quantitative estimate of drug-likeness (QED) is 0.292. The number of hydrogen-bond donors (Lipinski definition) is 0. The second-order valence-electron chi connectivity index (χ2n) is 15.4. The minimum atomic E-state index is 0. The van der Waals surface area contributed by atoms with Crippen molar-refractivity contribution >= 4 is 0 Å². The summed E-state index contributed by atoms with van der Waals surface area (Å²) < 4.78 is 0. The van der Waals surface area contributed by atoms with Crippen LogP contribution in [0.3, 0.4) is 0 Å². The maximum Gasteiger partial charge on any atom is 2.00 e. The van der Waals surface area contributed by atoms with E-state index in [0.717, 1.165) is 35.5 Å². The first-order chi connectivity index (χ1) is 12.2. The van der Waals surface area contributed by atoms with Crippen LogP contribution >= 0.6 is 0 Å². The van der Waals surface area contributed by atoms with E-state index in [1.54, 1.807) is 0 Å². The van der Waals surface area contributed by atoms with E-state index in [2.05, 4.69) is 110 Å². The molecular weight excluding hydrogens is 402 g/mol. The van der Waals surface area contributed by atoms with Gasteiger partial charge in [0.15, 0.2) is 0 Å². The average Bonchev–Trinajstić information content (AvgIpc) is 3.33. The topological polar surface area (TPSA) is 0 Å². The Morgan fingerprint density at radius 2 is 0.724 bits per heavy atom. The average molecular weight is 452 g/mol. The molecule has 29 heavy (non-hydrogen) atoms. The second kappa shape index (κ2) is 6.81. The summed E-state index contributed by atoms with van der Waals surface area (Å²) in [5, 5.41) is 0. The zero-order valence-electron chi connectivity index (χ0n) is 22.3. The van der Waals surface area contributed by atoms with Gasteiger partial charge in [0, 0.05) is 0 Å². The van der Waals surface area contributed by atoms with E-state index in [4.69, 9.17) is 0 Å². The third-order valence-corrected chi connectivity index (χ3v) is 9.18. The minimum absolute atomic E-state index is 0. The molecule has 0 aromatic rings. The van der Waals surface area contributed by atoms with Crippen LogP contribution in [0.25, 0.3) is 0 Å². The van der Waals surface area contributed by atoms with Gasteiger partial charge in [0.05, 0.1) is 0 Å². The first kappa shape index (κ1) is 25.9. The van der Waals surface area contributed by atoms with Gasteiger partial charge in [-0.05, 0) is 33.5 Å². The van der Waals surface area contributed by atoms with Crippen LogP contribution in [-0.4, -0.2) is 0 Å². The van der Waals surface area contributed by atoms with Crippen LogP contribution in [0.1, 0.15) is 96.9 Å². The Morgan fingerprint density at radius 3 is 0.828 bits per heavy atom. The van der Waals surface area contributed by atoms with E-state index in [1.807, 2.05) is 0 Å². The Balaban J connectivity index is 0.000000200. The van der Waals surface area contributed by atoms with Crippen LogP contribution in [0.15, 0.2) is 0 Å². The molecule has 4 aliphatic rings. The summed E-state index contributed by atoms with van der Waals surface area (Å²) in [5.74, 6) is 5.49. The van der Waals surface area contributed by atoms with Crippen LogP contribution in [-0.2, 0) is 19.5 Å².